The van der Waals surface area contributed by atoms with Gasteiger partial charge >= 0.3 is 5.97 Å². The largest absolute Gasteiger partial charge is 0.480 e. The standard InChI is InChI=1S/C14H25N3O2S/c1-4-8-15-14(5-2,13(18)19)7-6-9-20-12-10-16-17(3)11-12/h10-11,15H,4-9H2,1-3H3,(H,18,19). The summed E-state index contributed by atoms with van der Waals surface area (Å²) in [6.45, 7) is 4.73. The molecule has 0 saturated heterocycles. The first kappa shape index (κ1) is 17.0. The Morgan fingerprint density at radius 1 is 1.55 bits per heavy atom. The number of carbonyl (C=O) groups is 1. The molecule has 1 heterocycles. The fraction of sp³-hybridized carbons (Fsp3) is 0.714. The molecule has 0 spiro atoms. The zero-order valence-corrected chi connectivity index (χ0v) is 13.4. The number of thioether (sulfide) groups is 1. The van der Waals surface area contributed by atoms with E-state index in [9.17, 15) is 9.90 Å². The van der Waals surface area contributed by atoms with E-state index in [0.29, 0.717) is 12.8 Å². The van der Waals surface area contributed by atoms with Crippen molar-refractivity contribution in [3.8, 4) is 0 Å². The third-order valence-corrected chi connectivity index (χ3v) is 4.46. The first-order valence-electron chi connectivity index (χ1n) is 7.14. The molecule has 6 heteroatoms. The number of nitrogens with one attached hydrogen (secondary N) is 1. The van der Waals surface area contributed by atoms with E-state index >= 15 is 0 Å². The number of carboxylic acid groups (broad SMARTS) is 1. The molecular weight excluding hydrogens is 274 g/mol. The Kier molecular flexibility index (Phi) is 7.09. The molecule has 1 rings (SSSR count). The second-order valence-electron chi connectivity index (χ2n) is 4.97. The van der Waals surface area contributed by atoms with E-state index in [-0.39, 0.29) is 0 Å². The van der Waals surface area contributed by atoms with Crippen LogP contribution < -0.4 is 5.32 Å². The van der Waals surface area contributed by atoms with Gasteiger partial charge in [-0.25, -0.2) is 0 Å². The van der Waals surface area contributed by atoms with Gasteiger partial charge in [-0.1, -0.05) is 13.8 Å². The average molecular weight is 299 g/mol. The Labute approximate surface area is 125 Å². The summed E-state index contributed by atoms with van der Waals surface area (Å²) in [5.41, 5.74) is -0.772. The molecule has 1 aromatic rings. The zero-order chi connectivity index (χ0) is 15.0. The van der Waals surface area contributed by atoms with Gasteiger partial charge in [-0.05, 0) is 38.0 Å². The molecule has 0 aliphatic carbocycles. The summed E-state index contributed by atoms with van der Waals surface area (Å²) < 4.78 is 1.78. The maximum atomic E-state index is 11.5. The third kappa shape index (κ3) is 4.83. The Morgan fingerprint density at radius 3 is 2.80 bits per heavy atom. The number of hydrogen-bond acceptors (Lipinski definition) is 4. The van der Waals surface area contributed by atoms with Crippen LogP contribution in [0.5, 0.6) is 0 Å². The van der Waals surface area contributed by atoms with Gasteiger partial charge in [-0.3, -0.25) is 9.48 Å². The molecule has 1 aromatic heterocycles. The van der Waals surface area contributed by atoms with Crippen LogP contribution in [-0.4, -0.2) is 38.7 Å². The van der Waals surface area contributed by atoms with Gasteiger partial charge in [-0.15, -0.1) is 11.8 Å². The van der Waals surface area contributed by atoms with E-state index in [1.807, 2.05) is 33.3 Å². The highest BCUT2D eigenvalue weighted by molar-refractivity contribution is 7.99. The predicted octanol–water partition coefficient (Wildman–Crippen LogP) is 2.53. The highest BCUT2D eigenvalue weighted by Gasteiger charge is 2.35. The number of hydrogen-bond donors (Lipinski definition) is 2. The van der Waals surface area contributed by atoms with E-state index in [4.69, 9.17) is 0 Å². The maximum Gasteiger partial charge on any atom is 0.323 e. The van der Waals surface area contributed by atoms with E-state index in [1.54, 1.807) is 16.4 Å². The lowest BCUT2D eigenvalue weighted by molar-refractivity contribution is -0.145. The van der Waals surface area contributed by atoms with Crippen molar-refractivity contribution in [2.24, 2.45) is 7.05 Å². The highest BCUT2D eigenvalue weighted by atomic mass is 32.2. The van der Waals surface area contributed by atoms with Crippen molar-refractivity contribution in [3.63, 3.8) is 0 Å². The number of aromatic nitrogens is 2. The average Bonchev–Trinajstić information content (AvgIpc) is 2.84. The summed E-state index contributed by atoms with van der Waals surface area (Å²) in [5, 5.41) is 16.8. The van der Waals surface area contributed by atoms with Gasteiger partial charge in [0.1, 0.15) is 5.54 Å². The first-order chi connectivity index (χ1) is 9.54. The topological polar surface area (TPSA) is 67.2 Å². The smallest absolute Gasteiger partial charge is 0.323 e. The van der Waals surface area contributed by atoms with E-state index in [1.165, 1.54) is 0 Å². The molecule has 0 amide bonds. The summed E-state index contributed by atoms with van der Waals surface area (Å²) in [6.07, 6.45) is 6.90. The van der Waals surface area contributed by atoms with Gasteiger partial charge < -0.3 is 10.4 Å². The van der Waals surface area contributed by atoms with Crippen LogP contribution in [0.15, 0.2) is 17.3 Å². The molecule has 2 N–H and O–H groups in total. The lowest BCUT2D eigenvalue weighted by atomic mass is 9.90. The summed E-state index contributed by atoms with van der Waals surface area (Å²) >= 11 is 1.72. The van der Waals surface area contributed by atoms with Crippen molar-refractivity contribution < 1.29 is 9.90 Å². The van der Waals surface area contributed by atoms with Crippen molar-refractivity contribution in [1.82, 2.24) is 15.1 Å². The predicted molar refractivity (Wildman–Crippen MR) is 82.1 cm³/mol. The van der Waals surface area contributed by atoms with Crippen LogP contribution in [0.3, 0.4) is 0 Å². The van der Waals surface area contributed by atoms with Gasteiger partial charge in [0.15, 0.2) is 0 Å². The van der Waals surface area contributed by atoms with Crippen LogP contribution in [0.2, 0.25) is 0 Å². The van der Waals surface area contributed by atoms with E-state index in [2.05, 4.69) is 10.4 Å². The number of aryl methyl sites for hydroxylation is 1. The van der Waals surface area contributed by atoms with Gasteiger partial charge in [0, 0.05) is 18.1 Å². The fourth-order valence-corrected chi connectivity index (χ4v) is 3.00. The van der Waals surface area contributed by atoms with Crippen LogP contribution in [0.4, 0.5) is 0 Å². The van der Waals surface area contributed by atoms with Crippen molar-refractivity contribution >= 4 is 17.7 Å². The van der Waals surface area contributed by atoms with Crippen molar-refractivity contribution in [2.75, 3.05) is 12.3 Å². The monoisotopic (exact) mass is 299 g/mol. The summed E-state index contributed by atoms with van der Waals surface area (Å²) in [5.74, 6) is 0.175. The zero-order valence-electron chi connectivity index (χ0n) is 12.6. The normalized spacial score (nSPS) is 14.2. The molecule has 0 radical (unpaired) electrons. The molecule has 1 unspecified atom stereocenters. The summed E-state index contributed by atoms with van der Waals surface area (Å²) in [7, 11) is 1.89. The minimum atomic E-state index is -0.772. The van der Waals surface area contributed by atoms with Crippen LogP contribution >= 0.6 is 11.8 Å². The summed E-state index contributed by atoms with van der Waals surface area (Å²) in [4.78, 5) is 12.7. The molecule has 114 valence electrons. The van der Waals surface area contributed by atoms with Gasteiger partial charge in [0.05, 0.1) is 6.20 Å². The first-order valence-corrected chi connectivity index (χ1v) is 8.12. The number of nitrogens with zero attached hydrogens (tertiary/aromatic N) is 2. The van der Waals surface area contributed by atoms with Gasteiger partial charge in [-0.2, -0.15) is 5.10 Å². The van der Waals surface area contributed by atoms with Crippen LogP contribution in [-0.2, 0) is 11.8 Å². The molecule has 0 aliphatic heterocycles. The highest BCUT2D eigenvalue weighted by Crippen LogP contribution is 2.23. The SMILES string of the molecule is CCCNC(CC)(CCCSc1cnn(C)c1)C(=O)O. The number of rotatable bonds is 10. The Morgan fingerprint density at radius 2 is 2.30 bits per heavy atom. The summed E-state index contributed by atoms with van der Waals surface area (Å²) in [6, 6.07) is 0. The molecule has 0 saturated carbocycles. The van der Waals surface area contributed by atoms with Crippen molar-refractivity contribution in [2.45, 2.75) is 50.0 Å². The molecule has 0 bridgehead atoms. The second-order valence-corrected chi connectivity index (χ2v) is 6.14. The van der Waals surface area contributed by atoms with Crippen molar-refractivity contribution in [3.05, 3.63) is 12.4 Å². The lowest BCUT2D eigenvalue weighted by Crippen LogP contribution is -2.52. The lowest BCUT2D eigenvalue weighted by Gasteiger charge is -2.29. The fourth-order valence-electron chi connectivity index (χ4n) is 2.13. The molecule has 1 atom stereocenters. The second kappa shape index (κ2) is 8.32. The number of carboxylic acids is 1. The Bertz CT molecular complexity index is 422. The van der Waals surface area contributed by atoms with Crippen LogP contribution in [0.1, 0.15) is 39.5 Å². The van der Waals surface area contributed by atoms with Crippen molar-refractivity contribution in [1.29, 1.82) is 0 Å². The maximum absolute atomic E-state index is 11.5. The molecule has 20 heavy (non-hydrogen) atoms. The molecule has 0 aliphatic rings. The Hall–Kier alpha value is -1.01. The molecule has 0 fully saturated rings. The minimum Gasteiger partial charge on any atom is -0.480 e. The van der Waals surface area contributed by atoms with Gasteiger partial charge in [0.25, 0.3) is 0 Å². The van der Waals surface area contributed by atoms with Crippen LogP contribution in [0, 0.1) is 0 Å². The van der Waals surface area contributed by atoms with Crippen LogP contribution in [0.25, 0.3) is 0 Å². The quantitative estimate of drug-likeness (QED) is 0.513. The molecule has 0 aromatic carbocycles. The van der Waals surface area contributed by atoms with Gasteiger partial charge in [0.2, 0.25) is 0 Å². The van der Waals surface area contributed by atoms with E-state index in [0.717, 1.165) is 30.0 Å². The molecule has 5 nitrogen and oxygen atoms in total. The third-order valence-electron chi connectivity index (χ3n) is 3.42. The molecular formula is C14H25N3O2S. The van der Waals surface area contributed by atoms with E-state index < -0.39 is 11.5 Å². The minimum absolute atomic E-state index is 0.611. The number of aliphatic carboxylic acids is 1. The Balaban J connectivity index is 2.43.